The van der Waals surface area contributed by atoms with Gasteiger partial charge in [0.1, 0.15) is 10.1 Å². The summed E-state index contributed by atoms with van der Waals surface area (Å²) >= 11 is 0. The predicted molar refractivity (Wildman–Crippen MR) is 163 cm³/mol. The molecule has 0 bridgehead atoms. The molecule has 0 amide bonds. The zero-order valence-corrected chi connectivity index (χ0v) is 28.4. The molecule has 39 heavy (non-hydrogen) atoms. The first-order valence-corrected chi connectivity index (χ1v) is 17.4. The zero-order valence-electron chi connectivity index (χ0n) is 25.6. The third kappa shape index (κ3) is 14.9. The molecular weight excluding hydrogens is 511 g/mol. The maximum Gasteiger partial charge on any atom is 1.00 e. The summed E-state index contributed by atoms with van der Waals surface area (Å²) in [7, 11) is -4.53. The van der Waals surface area contributed by atoms with Gasteiger partial charge in [0.05, 0.1) is 4.90 Å². The first-order valence-electron chi connectivity index (χ1n) is 16.0. The van der Waals surface area contributed by atoms with Crippen molar-refractivity contribution in [2.45, 2.75) is 160 Å². The smallest absolute Gasteiger partial charge is 0.744 e. The molecule has 2 rings (SSSR count). The van der Waals surface area contributed by atoms with Gasteiger partial charge in [0, 0.05) is 0 Å². The molecule has 0 radical (unpaired) electrons. The van der Waals surface area contributed by atoms with Gasteiger partial charge in [-0.25, -0.2) is 8.42 Å². The Balaban J connectivity index is 0.00000760. The van der Waals surface area contributed by atoms with Crippen molar-refractivity contribution in [3.05, 3.63) is 41.5 Å². The number of aryl methyl sites for hydroxylation is 2. The summed E-state index contributed by atoms with van der Waals surface area (Å²) in [5.74, 6) is 0. The van der Waals surface area contributed by atoms with E-state index in [2.05, 4.69) is 19.9 Å². The minimum atomic E-state index is -4.53. The molecule has 0 aliphatic heterocycles. The second-order valence-corrected chi connectivity index (χ2v) is 12.7. The van der Waals surface area contributed by atoms with E-state index in [4.69, 9.17) is 0 Å². The second-order valence-electron chi connectivity index (χ2n) is 11.4. The molecule has 5 heteroatoms. The Labute approximate surface area is 263 Å². The van der Waals surface area contributed by atoms with Gasteiger partial charge < -0.3 is 4.55 Å². The van der Waals surface area contributed by atoms with Crippen molar-refractivity contribution in [2.24, 2.45) is 0 Å². The molecule has 2 aromatic rings. The van der Waals surface area contributed by atoms with Crippen molar-refractivity contribution in [3.63, 3.8) is 0 Å². The van der Waals surface area contributed by atoms with Gasteiger partial charge in [-0.1, -0.05) is 154 Å². The molecule has 216 valence electrons. The Bertz CT molecular complexity index is 1000. The Kier molecular flexibility index (Phi) is 20.9. The van der Waals surface area contributed by atoms with E-state index in [1.807, 2.05) is 24.3 Å². The average Bonchev–Trinajstić information content (AvgIpc) is 2.89. The molecule has 0 heterocycles. The number of unbranched alkanes of at least 4 members (excludes halogenated alkanes) is 18. The first-order chi connectivity index (χ1) is 18.5. The van der Waals surface area contributed by atoms with E-state index in [0.29, 0.717) is 12.8 Å². The quantitative estimate of drug-likeness (QED) is 0.0788. The van der Waals surface area contributed by atoms with Crippen LogP contribution in [0.3, 0.4) is 0 Å². The topological polar surface area (TPSA) is 57.2 Å². The van der Waals surface area contributed by atoms with Crippen LogP contribution in [0.4, 0.5) is 0 Å². The summed E-state index contributed by atoms with van der Waals surface area (Å²) in [5.41, 5.74) is 1.50. The molecule has 0 aliphatic carbocycles. The maximum absolute atomic E-state index is 12.5. The van der Waals surface area contributed by atoms with Crippen molar-refractivity contribution in [3.8, 4) is 0 Å². The van der Waals surface area contributed by atoms with E-state index in [9.17, 15) is 13.0 Å². The summed E-state index contributed by atoms with van der Waals surface area (Å²) < 4.78 is 37.6. The molecule has 0 unspecified atom stereocenters. The fraction of sp³-hybridized carbons (Fsp3) is 0.706. The van der Waals surface area contributed by atoms with Crippen molar-refractivity contribution < 1.29 is 42.5 Å². The van der Waals surface area contributed by atoms with Crippen LogP contribution in [0.15, 0.2) is 35.2 Å². The van der Waals surface area contributed by atoms with E-state index in [-0.39, 0.29) is 34.5 Å². The SMILES string of the molecule is CCCCCCCCCCCCc1cc2ccccc2c(CCCCCCCCCCCC)c1S(=O)(=O)[O-].[Na+]. The van der Waals surface area contributed by atoms with Crippen LogP contribution in [0, 0.1) is 0 Å². The minimum absolute atomic E-state index is 0. The fourth-order valence-corrected chi connectivity index (χ4v) is 6.80. The fourth-order valence-electron chi connectivity index (χ4n) is 5.80. The molecule has 0 aliphatic rings. The van der Waals surface area contributed by atoms with Gasteiger partial charge >= 0.3 is 29.6 Å². The number of rotatable bonds is 23. The molecule has 3 nitrogen and oxygen atoms in total. The molecule has 0 aromatic heterocycles. The van der Waals surface area contributed by atoms with Gasteiger partial charge in [0.2, 0.25) is 0 Å². The normalized spacial score (nSPS) is 11.7. The molecule has 0 N–H and O–H groups in total. The van der Waals surface area contributed by atoms with Gasteiger partial charge in [-0.15, -0.1) is 0 Å². The Morgan fingerprint density at radius 1 is 0.590 bits per heavy atom. The monoisotopic (exact) mass is 566 g/mol. The average molecular weight is 567 g/mol. The van der Waals surface area contributed by atoms with Gasteiger partial charge in [-0.2, -0.15) is 0 Å². The van der Waals surface area contributed by atoms with Crippen molar-refractivity contribution in [2.75, 3.05) is 0 Å². The maximum atomic E-state index is 12.5. The number of hydrogen-bond donors (Lipinski definition) is 0. The van der Waals surface area contributed by atoms with E-state index in [1.165, 1.54) is 103 Å². The van der Waals surface area contributed by atoms with Crippen LogP contribution in [0.25, 0.3) is 10.8 Å². The van der Waals surface area contributed by atoms with Gasteiger partial charge in [0.25, 0.3) is 0 Å². The van der Waals surface area contributed by atoms with Crippen LogP contribution < -0.4 is 29.6 Å². The Morgan fingerprint density at radius 2 is 1.00 bits per heavy atom. The summed E-state index contributed by atoms with van der Waals surface area (Å²) in [5, 5.41) is 1.99. The first kappa shape index (κ1) is 36.6. The largest absolute Gasteiger partial charge is 1.00 e. The predicted octanol–water partition coefficient (Wildman–Crippen LogP) is 7.67. The van der Waals surface area contributed by atoms with E-state index >= 15 is 0 Å². The van der Waals surface area contributed by atoms with Gasteiger partial charge in [-0.3, -0.25) is 0 Å². The molecule has 0 saturated carbocycles. The van der Waals surface area contributed by atoms with Crippen molar-refractivity contribution in [1.82, 2.24) is 0 Å². The molecule has 0 atom stereocenters. The van der Waals surface area contributed by atoms with Crippen LogP contribution >= 0.6 is 0 Å². The summed E-state index contributed by atoms with van der Waals surface area (Å²) in [4.78, 5) is 0.0862. The van der Waals surface area contributed by atoms with Crippen LogP contribution in [-0.4, -0.2) is 13.0 Å². The zero-order chi connectivity index (χ0) is 27.5. The second kappa shape index (κ2) is 22.2. The molecule has 0 saturated heterocycles. The number of fused-ring (bicyclic) bond motifs is 1. The molecule has 0 spiro atoms. The Hall–Kier alpha value is -0.390. The van der Waals surface area contributed by atoms with Crippen LogP contribution in [0.2, 0.25) is 0 Å². The third-order valence-corrected chi connectivity index (χ3v) is 9.02. The van der Waals surface area contributed by atoms with Gasteiger partial charge in [0.15, 0.2) is 0 Å². The Morgan fingerprint density at radius 3 is 1.46 bits per heavy atom. The van der Waals surface area contributed by atoms with Crippen LogP contribution in [0.1, 0.15) is 153 Å². The number of hydrogen-bond acceptors (Lipinski definition) is 3. The van der Waals surface area contributed by atoms with Crippen molar-refractivity contribution in [1.29, 1.82) is 0 Å². The molecule has 0 fully saturated rings. The van der Waals surface area contributed by atoms with Crippen LogP contribution in [0.5, 0.6) is 0 Å². The summed E-state index contributed by atoms with van der Waals surface area (Å²) in [6.07, 6.45) is 26.2. The van der Waals surface area contributed by atoms with Gasteiger partial charge in [-0.05, 0) is 53.6 Å². The van der Waals surface area contributed by atoms with E-state index < -0.39 is 10.1 Å². The van der Waals surface area contributed by atoms with E-state index in [0.717, 1.165) is 47.6 Å². The summed E-state index contributed by atoms with van der Waals surface area (Å²) in [6, 6.07) is 9.96. The van der Waals surface area contributed by atoms with Crippen LogP contribution in [-0.2, 0) is 23.0 Å². The third-order valence-electron chi connectivity index (χ3n) is 8.01. The molecule has 2 aromatic carbocycles. The summed E-state index contributed by atoms with van der Waals surface area (Å²) in [6.45, 7) is 4.50. The van der Waals surface area contributed by atoms with Crippen molar-refractivity contribution >= 4 is 20.9 Å². The number of benzene rings is 2. The standard InChI is InChI=1S/C34H56O3S.Na/c1-3-5-7-9-11-13-15-17-19-21-26-31-29-30-25-23-24-27-32(30)33(34(31)38(35,36)37)28-22-20-18-16-14-12-10-8-6-4-2;/h23-25,27,29H,3-22,26,28H2,1-2H3,(H,35,36,37);/q;+1/p-1. The minimum Gasteiger partial charge on any atom is -0.744 e. The van der Waals surface area contributed by atoms with E-state index in [1.54, 1.807) is 0 Å². The molecular formula is C34H55NaO3S.